The summed E-state index contributed by atoms with van der Waals surface area (Å²) < 4.78 is 0. The number of nitrogens with zero attached hydrogens (tertiary/aromatic N) is 1. The van der Waals surface area contributed by atoms with Crippen molar-refractivity contribution in [1.82, 2.24) is 0 Å². The Morgan fingerprint density at radius 1 is 1.31 bits per heavy atom. The Morgan fingerprint density at radius 3 is 2.38 bits per heavy atom. The molecule has 5 nitrogen and oxygen atoms in total. The molecule has 0 aliphatic carbocycles. The van der Waals surface area contributed by atoms with Crippen molar-refractivity contribution >= 4 is 22.6 Å². The van der Waals surface area contributed by atoms with E-state index in [2.05, 4.69) is 0 Å². The van der Waals surface area contributed by atoms with E-state index in [1.54, 1.807) is 12.1 Å². The number of amidine groups is 1. The van der Waals surface area contributed by atoms with Crippen molar-refractivity contribution in [3.05, 3.63) is 30.3 Å². The molecule has 0 unspecified atom stereocenters. The van der Waals surface area contributed by atoms with E-state index in [4.69, 9.17) is 21.5 Å². The van der Waals surface area contributed by atoms with Gasteiger partial charge in [-0.3, -0.25) is 10.4 Å². The molecule has 0 spiro atoms. The van der Waals surface area contributed by atoms with Gasteiger partial charge in [0.05, 0.1) is 24.2 Å². The molecular weight excluding hydrogens is 226 g/mol. The second kappa shape index (κ2) is 6.49. The summed E-state index contributed by atoms with van der Waals surface area (Å²) >= 11 is 1.03. The number of thioether (sulfide) groups is 1. The van der Waals surface area contributed by atoms with Gasteiger partial charge in [-0.1, -0.05) is 30.0 Å². The number of aliphatic hydroxyl groups is 2. The van der Waals surface area contributed by atoms with Gasteiger partial charge < -0.3 is 10.2 Å². The van der Waals surface area contributed by atoms with Crippen molar-refractivity contribution in [2.24, 2.45) is 5.84 Å². The Labute approximate surface area is 98.4 Å². The first-order valence-electron chi connectivity index (χ1n) is 4.75. The first-order valence-corrected chi connectivity index (χ1v) is 5.63. The first kappa shape index (κ1) is 13.0. The lowest BCUT2D eigenvalue weighted by molar-refractivity contribution is 0.229. The molecule has 0 amide bonds. The molecule has 0 radical (unpaired) electrons. The van der Waals surface area contributed by atoms with Crippen LogP contribution >= 0.6 is 11.8 Å². The Balaban J connectivity index is 2.61. The number of aliphatic hydroxyl groups excluding tert-OH is 2. The standard InChI is InChI=1S/C10H15N3O2S/c11-10(16-9(6-14)7-15)13(12)8-4-2-1-3-5-8/h1-5,9,11,14-15H,6-7,12H2. The second-order valence-electron chi connectivity index (χ2n) is 3.12. The predicted octanol–water partition coefficient (Wildman–Crippen LogP) is 0.388. The number of nitrogens with two attached hydrogens (primary N) is 1. The van der Waals surface area contributed by atoms with Crippen molar-refractivity contribution in [2.45, 2.75) is 5.25 Å². The van der Waals surface area contributed by atoms with E-state index < -0.39 is 5.25 Å². The van der Waals surface area contributed by atoms with Gasteiger partial charge >= 0.3 is 0 Å². The van der Waals surface area contributed by atoms with E-state index in [0.29, 0.717) is 5.69 Å². The first-order chi connectivity index (χ1) is 7.69. The molecule has 0 aliphatic rings. The molecule has 88 valence electrons. The zero-order valence-electron chi connectivity index (χ0n) is 8.71. The summed E-state index contributed by atoms with van der Waals surface area (Å²) in [6.07, 6.45) is 0. The number of hydrogen-bond donors (Lipinski definition) is 4. The highest BCUT2D eigenvalue weighted by atomic mass is 32.2. The Hall–Kier alpha value is -1.08. The van der Waals surface area contributed by atoms with Crippen LogP contribution in [-0.4, -0.2) is 33.8 Å². The van der Waals surface area contributed by atoms with Crippen LogP contribution in [0.25, 0.3) is 0 Å². The maximum Gasteiger partial charge on any atom is 0.175 e. The van der Waals surface area contributed by atoms with E-state index in [-0.39, 0.29) is 18.4 Å². The van der Waals surface area contributed by atoms with Crippen LogP contribution in [0.4, 0.5) is 5.69 Å². The Bertz CT molecular complexity index is 330. The van der Waals surface area contributed by atoms with E-state index in [1.165, 1.54) is 5.01 Å². The molecule has 0 aromatic heterocycles. The monoisotopic (exact) mass is 241 g/mol. The SMILES string of the molecule is N=C(SC(CO)CO)N(N)c1ccccc1. The van der Waals surface area contributed by atoms with Gasteiger partial charge in [-0.15, -0.1) is 0 Å². The summed E-state index contributed by atoms with van der Waals surface area (Å²) in [6.45, 7) is -0.377. The van der Waals surface area contributed by atoms with Gasteiger partial charge in [0.25, 0.3) is 0 Å². The Morgan fingerprint density at radius 2 is 1.88 bits per heavy atom. The zero-order valence-corrected chi connectivity index (χ0v) is 9.52. The van der Waals surface area contributed by atoms with Gasteiger partial charge in [0.1, 0.15) is 0 Å². The van der Waals surface area contributed by atoms with Crippen LogP contribution < -0.4 is 10.9 Å². The fraction of sp³-hybridized carbons (Fsp3) is 0.300. The molecule has 16 heavy (non-hydrogen) atoms. The minimum absolute atomic E-state index is 0.0827. The minimum atomic E-state index is -0.415. The molecule has 0 aliphatic heterocycles. The molecule has 0 fully saturated rings. The normalized spacial score (nSPS) is 10.5. The third kappa shape index (κ3) is 3.49. The summed E-state index contributed by atoms with van der Waals surface area (Å²) in [5, 5.41) is 26.4. The molecule has 0 saturated carbocycles. The molecular formula is C10H15N3O2S. The van der Waals surface area contributed by atoms with Crippen LogP contribution in [0.3, 0.4) is 0 Å². The lowest BCUT2D eigenvalue weighted by atomic mass is 10.3. The zero-order chi connectivity index (χ0) is 12.0. The van der Waals surface area contributed by atoms with E-state index in [9.17, 15) is 0 Å². The highest BCUT2D eigenvalue weighted by Crippen LogP contribution is 2.18. The highest BCUT2D eigenvalue weighted by Gasteiger charge is 2.14. The molecule has 0 bridgehead atoms. The quantitative estimate of drug-likeness (QED) is 0.265. The summed E-state index contributed by atoms with van der Waals surface area (Å²) in [4.78, 5) is 0. The van der Waals surface area contributed by atoms with Crippen molar-refractivity contribution in [3.8, 4) is 0 Å². The van der Waals surface area contributed by atoms with Crippen LogP contribution in [0, 0.1) is 5.41 Å². The van der Waals surface area contributed by atoms with Crippen LogP contribution in [0.15, 0.2) is 30.3 Å². The summed E-state index contributed by atoms with van der Waals surface area (Å²) in [6, 6.07) is 9.06. The maximum absolute atomic E-state index is 8.89. The summed E-state index contributed by atoms with van der Waals surface area (Å²) in [5.74, 6) is 5.72. The van der Waals surface area contributed by atoms with Gasteiger partial charge in [-0.25, -0.2) is 5.84 Å². The molecule has 0 saturated heterocycles. The van der Waals surface area contributed by atoms with Gasteiger partial charge in [-0.2, -0.15) is 0 Å². The van der Waals surface area contributed by atoms with Crippen molar-refractivity contribution in [1.29, 1.82) is 5.41 Å². The number of para-hydroxylation sites is 1. The maximum atomic E-state index is 8.89. The average molecular weight is 241 g/mol. The smallest absolute Gasteiger partial charge is 0.175 e. The van der Waals surface area contributed by atoms with Crippen molar-refractivity contribution in [2.75, 3.05) is 18.2 Å². The van der Waals surface area contributed by atoms with Gasteiger partial charge in [0.2, 0.25) is 0 Å². The van der Waals surface area contributed by atoms with E-state index in [0.717, 1.165) is 11.8 Å². The van der Waals surface area contributed by atoms with E-state index >= 15 is 0 Å². The molecule has 0 atom stereocenters. The number of anilines is 1. The number of rotatable bonds is 4. The molecule has 5 N–H and O–H groups in total. The van der Waals surface area contributed by atoms with Crippen LogP contribution in [0.2, 0.25) is 0 Å². The largest absolute Gasteiger partial charge is 0.395 e. The number of hydrogen-bond acceptors (Lipinski definition) is 5. The van der Waals surface area contributed by atoms with Crippen molar-refractivity contribution in [3.63, 3.8) is 0 Å². The molecule has 6 heteroatoms. The topological polar surface area (TPSA) is 93.6 Å². The fourth-order valence-corrected chi connectivity index (χ4v) is 1.74. The molecule has 1 aromatic rings. The predicted molar refractivity (Wildman–Crippen MR) is 66.4 cm³/mol. The minimum Gasteiger partial charge on any atom is -0.395 e. The van der Waals surface area contributed by atoms with Gasteiger partial charge in [-0.05, 0) is 12.1 Å². The van der Waals surface area contributed by atoms with Gasteiger partial charge in [0.15, 0.2) is 5.17 Å². The number of hydrazine groups is 1. The van der Waals surface area contributed by atoms with Crippen LogP contribution in [0.5, 0.6) is 0 Å². The summed E-state index contributed by atoms with van der Waals surface area (Å²) in [7, 11) is 0. The third-order valence-electron chi connectivity index (χ3n) is 1.94. The molecule has 1 aromatic carbocycles. The van der Waals surface area contributed by atoms with Crippen molar-refractivity contribution < 1.29 is 10.2 Å². The highest BCUT2D eigenvalue weighted by molar-refractivity contribution is 8.14. The molecule has 0 heterocycles. The lowest BCUT2D eigenvalue weighted by Crippen LogP contribution is -2.36. The average Bonchev–Trinajstić information content (AvgIpc) is 2.35. The summed E-state index contributed by atoms with van der Waals surface area (Å²) in [5.41, 5.74) is 0.689. The van der Waals surface area contributed by atoms with Crippen LogP contribution in [0.1, 0.15) is 0 Å². The molecule has 1 rings (SSSR count). The third-order valence-corrected chi connectivity index (χ3v) is 2.99. The van der Waals surface area contributed by atoms with Crippen LogP contribution in [-0.2, 0) is 0 Å². The Kier molecular flexibility index (Phi) is 5.27. The number of nitrogens with one attached hydrogen (secondary N) is 1. The lowest BCUT2D eigenvalue weighted by Gasteiger charge is -2.20. The fourth-order valence-electron chi connectivity index (χ4n) is 1.05. The van der Waals surface area contributed by atoms with Gasteiger partial charge in [0, 0.05) is 0 Å². The number of benzene rings is 1. The second-order valence-corrected chi connectivity index (χ2v) is 4.40. The van der Waals surface area contributed by atoms with E-state index in [1.807, 2.05) is 18.2 Å².